The summed E-state index contributed by atoms with van der Waals surface area (Å²) >= 11 is 5.98. The fraction of sp³-hybridized carbons (Fsp3) is 0.438. The molecule has 1 aliphatic heterocycles. The highest BCUT2D eigenvalue weighted by Crippen LogP contribution is 2.31. The van der Waals surface area contributed by atoms with Crippen molar-refractivity contribution in [2.24, 2.45) is 0 Å². The lowest BCUT2D eigenvalue weighted by molar-refractivity contribution is -0.125. The molecule has 3 N–H and O–H groups in total. The second-order valence-electron chi connectivity index (χ2n) is 6.26. The molecule has 0 bridgehead atoms. The number of hydrogen-bond donors (Lipinski definition) is 3. The third-order valence-corrected chi connectivity index (χ3v) is 4.71. The van der Waals surface area contributed by atoms with E-state index in [1.165, 1.54) is 0 Å². The van der Waals surface area contributed by atoms with Crippen LogP contribution in [0.15, 0.2) is 18.2 Å². The number of aryl methyl sites for hydroxylation is 1. The monoisotopic (exact) mass is 335 g/mol. The summed E-state index contributed by atoms with van der Waals surface area (Å²) in [6.07, 6.45) is 2.31. The zero-order valence-electron chi connectivity index (χ0n) is 12.7. The first-order chi connectivity index (χ1) is 10.9. The molecule has 122 valence electrons. The van der Waals surface area contributed by atoms with Gasteiger partial charge in [-0.1, -0.05) is 11.6 Å². The van der Waals surface area contributed by atoms with E-state index in [0.29, 0.717) is 36.3 Å². The van der Waals surface area contributed by atoms with Gasteiger partial charge in [-0.25, -0.2) is 4.79 Å². The van der Waals surface area contributed by atoms with Gasteiger partial charge in [0.05, 0.1) is 0 Å². The van der Waals surface area contributed by atoms with Gasteiger partial charge in [0.25, 0.3) is 11.8 Å². The molecule has 1 spiro atoms. The van der Waals surface area contributed by atoms with Gasteiger partial charge in [-0.05, 0) is 56.4 Å². The Balaban J connectivity index is 1.61. The number of carbonyl (C=O) groups excluding carboxylic acids is 3. The maximum atomic E-state index is 12.3. The van der Waals surface area contributed by atoms with E-state index in [1.54, 1.807) is 18.2 Å². The van der Waals surface area contributed by atoms with Crippen LogP contribution in [0, 0.1) is 6.92 Å². The van der Waals surface area contributed by atoms with Gasteiger partial charge < -0.3 is 10.6 Å². The number of benzene rings is 1. The van der Waals surface area contributed by atoms with Crippen molar-refractivity contribution < 1.29 is 14.4 Å². The number of nitrogens with one attached hydrogen (secondary N) is 3. The van der Waals surface area contributed by atoms with Crippen molar-refractivity contribution in [2.75, 3.05) is 0 Å². The lowest BCUT2D eigenvalue weighted by atomic mass is 9.79. The molecule has 1 aliphatic carbocycles. The quantitative estimate of drug-likeness (QED) is 0.721. The zero-order chi connectivity index (χ0) is 16.6. The Bertz CT molecular complexity index is 661. The van der Waals surface area contributed by atoms with Gasteiger partial charge in [0.15, 0.2) is 0 Å². The lowest BCUT2D eigenvalue weighted by Crippen LogP contribution is -2.52. The summed E-state index contributed by atoms with van der Waals surface area (Å²) in [6, 6.07) is 4.77. The van der Waals surface area contributed by atoms with Gasteiger partial charge >= 0.3 is 6.03 Å². The Kier molecular flexibility index (Phi) is 4.02. The van der Waals surface area contributed by atoms with Crippen LogP contribution in [0.2, 0.25) is 5.02 Å². The standard InChI is InChI=1S/C16H18ClN3O3/c1-9-6-10(8-11(17)7-9)13(21)18-12-2-4-16(5-3-12)14(22)19-15(23)20-16/h6-8,12H,2-5H2,1H3,(H,18,21)(H2,19,20,22,23). The smallest absolute Gasteiger partial charge is 0.322 e. The highest BCUT2D eigenvalue weighted by molar-refractivity contribution is 6.31. The Morgan fingerprint density at radius 1 is 1.26 bits per heavy atom. The topological polar surface area (TPSA) is 87.3 Å². The summed E-state index contributed by atoms with van der Waals surface area (Å²) in [7, 11) is 0. The summed E-state index contributed by atoms with van der Waals surface area (Å²) in [6.45, 7) is 1.88. The van der Waals surface area contributed by atoms with E-state index in [1.807, 2.05) is 6.92 Å². The largest absolute Gasteiger partial charge is 0.349 e. The summed E-state index contributed by atoms with van der Waals surface area (Å²) in [5.74, 6) is -0.436. The van der Waals surface area contributed by atoms with Crippen molar-refractivity contribution in [3.8, 4) is 0 Å². The van der Waals surface area contributed by atoms with Gasteiger partial charge in [-0.2, -0.15) is 0 Å². The van der Waals surface area contributed by atoms with E-state index >= 15 is 0 Å². The molecule has 0 aromatic heterocycles. The first kappa shape index (κ1) is 15.8. The molecule has 0 atom stereocenters. The third kappa shape index (κ3) is 3.17. The number of rotatable bonds is 2. The minimum atomic E-state index is -0.801. The van der Waals surface area contributed by atoms with Gasteiger partial charge in [0.1, 0.15) is 5.54 Å². The minimum Gasteiger partial charge on any atom is -0.349 e. The average Bonchev–Trinajstić information content (AvgIpc) is 2.74. The van der Waals surface area contributed by atoms with Crippen molar-refractivity contribution in [3.63, 3.8) is 0 Å². The van der Waals surface area contributed by atoms with Crippen molar-refractivity contribution in [1.82, 2.24) is 16.0 Å². The van der Waals surface area contributed by atoms with Crippen LogP contribution in [0.4, 0.5) is 4.79 Å². The number of urea groups is 1. The van der Waals surface area contributed by atoms with Crippen LogP contribution in [0.25, 0.3) is 0 Å². The molecule has 0 radical (unpaired) electrons. The molecule has 23 heavy (non-hydrogen) atoms. The van der Waals surface area contributed by atoms with Crippen molar-refractivity contribution in [3.05, 3.63) is 34.3 Å². The van der Waals surface area contributed by atoms with Crippen LogP contribution in [0.5, 0.6) is 0 Å². The van der Waals surface area contributed by atoms with Crippen LogP contribution >= 0.6 is 11.6 Å². The normalized spacial score (nSPS) is 26.8. The fourth-order valence-electron chi connectivity index (χ4n) is 3.27. The number of amides is 4. The van der Waals surface area contributed by atoms with Gasteiger partial charge in [-0.3, -0.25) is 14.9 Å². The van der Waals surface area contributed by atoms with Crippen LogP contribution in [0.1, 0.15) is 41.6 Å². The molecule has 1 aromatic rings. The number of imide groups is 1. The Hall–Kier alpha value is -2.08. The predicted molar refractivity (Wildman–Crippen MR) is 85.3 cm³/mol. The number of carbonyl (C=O) groups is 3. The predicted octanol–water partition coefficient (Wildman–Crippen LogP) is 1.90. The van der Waals surface area contributed by atoms with Crippen molar-refractivity contribution in [2.45, 2.75) is 44.2 Å². The van der Waals surface area contributed by atoms with Crippen LogP contribution < -0.4 is 16.0 Å². The summed E-state index contributed by atoms with van der Waals surface area (Å²) in [4.78, 5) is 35.5. The van der Waals surface area contributed by atoms with E-state index < -0.39 is 11.6 Å². The molecule has 4 amide bonds. The van der Waals surface area contributed by atoms with Crippen molar-refractivity contribution >= 4 is 29.4 Å². The summed E-state index contributed by atoms with van der Waals surface area (Å²) < 4.78 is 0. The van der Waals surface area contributed by atoms with E-state index in [2.05, 4.69) is 16.0 Å². The van der Waals surface area contributed by atoms with E-state index in [0.717, 1.165) is 5.56 Å². The second-order valence-corrected chi connectivity index (χ2v) is 6.69. The zero-order valence-corrected chi connectivity index (χ0v) is 13.5. The molecule has 1 aromatic carbocycles. The molecule has 1 heterocycles. The van der Waals surface area contributed by atoms with Crippen molar-refractivity contribution in [1.29, 1.82) is 0 Å². The summed E-state index contributed by atoms with van der Waals surface area (Å²) in [5.41, 5.74) is 0.656. The number of hydrogen-bond acceptors (Lipinski definition) is 3. The Morgan fingerprint density at radius 3 is 2.52 bits per heavy atom. The third-order valence-electron chi connectivity index (χ3n) is 4.49. The minimum absolute atomic E-state index is 0.0160. The Morgan fingerprint density at radius 2 is 1.96 bits per heavy atom. The van der Waals surface area contributed by atoms with Crippen LogP contribution in [-0.4, -0.2) is 29.4 Å². The molecular weight excluding hydrogens is 318 g/mol. The van der Waals surface area contributed by atoms with E-state index in [9.17, 15) is 14.4 Å². The molecule has 6 nitrogen and oxygen atoms in total. The molecule has 7 heteroatoms. The maximum absolute atomic E-state index is 12.3. The Labute approximate surface area is 139 Å². The highest BCUT2D eigenvalue weighted by Gasteiger charge is 2.48. The molecule has 2 aliphatic rings. The van der Waals surface area contributed by atoms with Gasteiger partial charge in [0.2, 0.25) is 0 Å². The molecule has 1 saturated heterocycles. The molecular formula is C16H18ClN3O3. The molecule has 0 unspecified atom stereocenters. The molecule has 2 fully saturated rings. The average molecular weight is 336 g/mol. The lowest BCUT2D eigenvalue weighted by Gasteiger charge is -2.34. The molecule has 1 saturated carbocycles. The second kappa shape index (κ2) is 5.85. The van der Waals surface area contributed by atoms with E-state index in [-0.39, 0.29) is 17.9 Å². The van der Waals surface area contributed by atoms with Crippen LogP contribution in [-0.2, 0) is 4.79 Å². The first-order valence-corrected chi connectivity index (χ1v) is 7.97. The number of halogens is 1. The summed E-state index contributed by atoms with van der Waals surface area (Å²) in [5, 5.41) is 8.50. The SMILES string of the molecule is Cc1cc(Cl)cc(C(=O)NC2CCC3(CC2)NC(=O)NC3=O)c1. The van der Waals surface area contributed by atoms with Gasteiger partial charge in [0, 0.05) is 16.6 Å². The first-order valence-electron chi connectivity index (χ1n) is 7.60. The maximum Gasteiger partial charge on any atom is 0.322 e. The highest BCUT2D eigenvalue weighted by atomic mass is 35.5. The van der Waals surface area contributed by atoms with E-state index in [4.69, 9.17) is 11.6 Å². The van der Waals surface area contributed by atoms with Gasteiger partial charge in [-0.15, -0.1) is 0 Å². The fourth-order valence-corrected chi connectivity index (χ4v) is 3.56. The molecule has 3 rings (SSSR count). The van der Waals surface area contributed by atoms with Crippen LogP contribution in [0.3, 0.4) is 0 Å².